The molecule has 1 N–H and O–H groups in total. The highest BCUT2D eigenvalue weighted by Crippen LogP contribution is 2.34. The van der Waals surface area contributed by atoms with Gasteiger partial charge in [0.25, 0.3) is 0 Å². The summed E-state index contributed by atoms with van der Waals surface area (Å²) in [7, 11) is 1.91. The maximum absolute atomic E-state index is 12.4. The van der Waals surface area contributed by atoms with Gasteiger partial charge in [-0.3, -0.25) is 0 Å². The minimum atomic E-state index is -4.66. The molecule has 0 aromatic heterocycles. The van der Waals surface area contributed by atoms with Crippen molar-refractivity contribution in [2.75, 3.05) is 25.0 Å². The van der Waals surface area contributed by atoms with E-state index in [-0.39, 0.29) is 5.75 Å². The van der Waals surface area contributed by atoms with Crippen LogP contribution >= 0.6 is 0 Å². The normalized spacial score (nSPS) is 23.8. The van der Waals surface area contributed by atoms with Gasteiger partial charge in [-0.15, -0.1) is 13.2 Å². The van der Waals surface area contributed by atoms with Crippen LogP contribution in [-0.2, 0) is 0 Å². The second-order valence-electron chi connectivity index (χ2n) is 5.12. The van der Waals surface area contributed by atoms with Crippen molar-refractivity contribution < 1.29 is 17.9 Å². The molecule has 112 valence electrons. The molecule has 0 radical (unpaired) electrons. The Morgan fingerprint density at radius 1 is 1.30 bits per heavy atom. The zero-order valence-corrected chi connectivity index (χ0v) is 11.6. The van der Waals surface area contributed by atoms with Crippen molar-refractivity contribution in [2.45, 2.75) is 25.7 Å². The van der Waals surface area contributed by atoms with Gasteiger partial charge in [0.15, 0.2) is 5.75 Å². The van der Waals surface area contributed by atoms with E-state index in [1.165, 1.54) is 6.07 Å². The summed E-state index contributed by atoms with van der Waals surface area (Å²) in [6.07, 6.45) is -3.76. The largest absolute Gasteiger partial charge is 0.573 e. The van der Waals surface area contributed by atoms with Gasteiger partial charge >= 0.3 is 6.36 Å². The lowest BCUT2D eigenvalue weighted by Gasteiger charge is -2.38. The van der Waals surface area contributed by atoms with Crippen molar-refractivity contribution in [1.29, 1.82) is 0 Å². The molecule has 0 aliphatic carbocycles. The summed E-state index contributed by atoms with van der Waals surface area (Å²) in [5.74, 6) is 0.239. The molecule has 2 atom stereocenters. The number of hydrogen-bond donors (Lipinski definition) is 1. The molecule has 1 aliphatic rings. The Bertz CT molecular complexity index is 450. The molecule has 0 saturated carbocycles. The molecule has 0 bridgehead atoms. The van der Waals surface area contributed by atoms with E-state index in [9.17, 15) is 13.2 Å². The van der Waals surface area contributed by atoms with E-state index in [1.807, 2.05) is 11.9 Å². The number of nitrogens with one attached hydrogen (secondary N) is 1. The molecule has 0 amide bonds. The molecule has 1 aromatic carbocycles. The van der Waals surface area contributed by atoms with E-state index in [0.29, 0.717) is 30.7 Å². The number of halogens is 3. The number of hydrogen-bond acceptors (Lipinski definition) is 3. The molecule has 3 nitrogen and oxygen atoms in total. The quantitative estimate of drug-likeness (QED) is 0.925. The van der Waals surface area contributed by atoms with Crippen LogP contribution in [0.4, 0.5) is 18.9 Å². The molecule has 1 aromatic rings. The predicted octanol–water partition coefficient (Wildman–Crippen LogP) is 3.02. The fourth-order valence-corrected chi connectivity index (χ4v) is 2.72. The molecule has 20 heavy (non-hydrogen) atoms. The Labute approximate surface area is 116 Å². The van der Waals surface area contributed by atoms with Gasteiger partial charge in [-0.25, -0.2) is 0 Å². The van der Waals surface area contributed by atoms with Gasteiger partial charge in [0, 0.05) is 19.1 Å². The van der Waals surface area contributed by atoms with Crippen LogP contribution in [0.5, 0.6) is 5.75 Å². The molecular formula is C14H19F3N2O. The number of benzene rings is 1. The maximum Gasteiger partial charge on any atom is 0.573 e. The van der Waals surface area contributed by atoms with Crippen molar-refractivity contribution in [3.8, 4) is 5.75 Å². The summed E-state index contributed by atoms with van der Waals surface area (Å²) < 4.78 is 41.4. The first-order valence-electron chi connectivity index (χ1n) is 6.67. The molecule has 1 saturated heterocycles. The van der Waals surface area contributed by atoms with Crippen LogP contribution in [0.25, 0.3) is 0 Å². The molecule has 0 spiro atoms. The summed E-state index contributed by atoms with van der Waals surface area (Å²) in [4.78, 5) is 1.96. The number of rotatable bonds is 3. The van der Waals surface area contributed by atoms with Crippen LogP contribution < -0.4 is 15.0 Å². The van der Waals surface area contributed by atoms with Gasteiger partial charge in [0.05, 0.1) is 5.69 Å². The molecule has 1 fully saturated rings. The molecule has 2 rings (SSSR count). The van der Waals surface area contributed by atoms with Gasteiger partial charge in [-0.1, -0.05) is 19.1 Å². The molecular weight excluding hydrogens is 269 g/mol. The van der Waals surface area contributed by atoms with Crippen molar-refractivity contribution in [3.05, 3.63) is 24.3 Å². The number of ether oxygens (including phenoxy) is 1. The van der Waals surface area contributed by atoms with Crippen LogP contribution in [0.3, 0.4) is 0 Å². The molecule has 6 heteroatoms. The molecule has 2 unspecified atom stereocenters. The highest BCUT2D eigenvalue weighted by atomic mass is 19.4. The Balaban J connectivity index is 2.17. The Morgan fingerprint density at radius 3 is 2.60 bits per heavy atom. The average Bonchev–Trinajstić information content (AvgIpc) is 2.37. The van der Waals surface area contributed by atoms with Crippen molar-refractivity contribution in [3.63, 3.8) is 0 Å². The second kappa shape index (κ2) is 5.91. The Kier molecular flexibility index (Phi) is 4.42. The summed E-state index contributed by atoms with van der Waals surface area (Å²) in [6.45, 7) is 3.53. The number of anilines is 1. The standard InChI is InChI=1S/C14H19F3N2O/c1-10-9-19(8-7-11(10)18-2)12-5-3-4-6-13(12)20-14(15,16)17/h3-6,10-11,18H,7-9H2,1-2H3. The van der Waals surface area contributed by atoms with E-state index in [4.69, 9.17) is 0 Å². The topological polar surface area (TPSA) is 24.5 Å². The van der Waals surface area contributed by atoms with Gasteiger partial charge in [-0.2, -0.15) is 0 Å². The first-order chi connectivity index (χ1) is 9.40. The maximum atomic E-state index is 12.4. The summed E-state index contributed by atoms with van der Waals surface area (Å²) in [6, 6.07) is 6.72. The van der Waals surface area contributed by atoms with E-state index in [1.54, 1.807) is 18.2 Å². The van der Waals surface area contributed by atoms with Crippen LogP contribution in [0.2, 0.25) is 0 Å². The first-order valence-corrected chi connectivity index (χ1v) is 6.67. The van der Waals surface area contributed by atoms with Crippen LogP contribution in [-0.4, -0.2) is 32.5 Å². The lowest BCUT2D eigenvalue weighted by Crippen LogP contribution is -2.47. The van der Waals surface area contributed by atoms with Gasteiger partial charge in [0.1, 0.15) is 0 Å². The summed E-state index contributed by atoms with van der Waals surface area (Å²) in [5, 5.41) is 3.24. The molecule has 1 heterocycles. The SMILES string of the molecule is CNC1CCN(c2ccccc2OC(F)(F)F)CC1C. The zero-order valence-electron chi connectivity index (χ0n) is 11.6. The van der Waals surface area contributed by atoms with Gasteiger partial charge < -0.3 is 15.0 Å². The summed E-state index contributed by atoms with van der Waals surface area (Å²) in [5.41, 5.74) is 0.506. The van der Waals surface area contributed by atoms with Crippen molar-refractivity contribution in [1.82, 2.24) is 5.32 Å². The Morgan fingerprint density at radius 2 is 2.00 bits per heavy atom. The first kappa shape index (κ1) is 15.0. The van der Waals surface area contributed by atoms with E-state index in [2.05, 4.69) is 17.0 Å². The fourth-order valence-electron chi connectivity index (χ4n) is 2.72. The third kappa shape index (κ3) is 3.56. The smallest absolute Gasteiger partial charge is 0.404 e. The third-order valence-electron chi connectivity index (χ3n) is 3.71. The number of para-hydroxylation sites is 2. The van der Waals surface area contributed by atoms with Crippen LogP contribution in [0.1, 0.15) is 13.3 Å². The van der Waals surface area contributed by atoms with Crippen LogP contribution in [0.15, 0.2) is 24.3 Å². The lowest BCUT2D eigenvalue weighted by atomic mass is 9.93. The number of alkyl halides is 3. The van der Waals surface area contributed by atoms with E-state index >= 15 is 0 Å². The Hall–Kier alpha value is -1.43. The van der Waals surface area contributed by atoms with E-state index in [0.717, 1.165) is 6.42 Å². The second-order valence-corrected chi connectivity index (χ2v) is 5.12. The summed E-state index contributed by atoms with van der Waals surface area (Å²) >= 11 is 0. The monoisotopic (exact) mass is 288 g/mol. The van der Waals surface area contributed by atoms with Gasteiger partial charge in [0.2, 0.25) is 0 Å². The predicted molar refractivity (Wildman–Crippen MR) is 72.0 cm³/mol. The van der Waals surface area contributed by atoms with E-state index < -0.39 is 6.36 Å². The van der Waals surface area contributed by atoms with Crippen LogP contribution in [0, 0.1) is 5.92 Å². The third-order valence-corrected chi connectivity index (χ3v) is 3.71. The van der Waals surface area contributed by atoms with Crippen molar-refractivity contribution in [2.24, 2.45) is 5.92 Å². The number of nitrogens with zero attached hydrogens (tertiary/aromatic N) is 1. The van der Waals surface area contributed by atoms with Gasteiger partial charge in [-0.05, 0) is 31.5 Å². The molecule has 1 aliphatic heterocycles. The van der Waals surface area contributed by atoms with Crippen molar-refractivity contribution >= 4 is 5.69 Å². The number of piperidine rings is 1. The average molecular weight is 288 g/mol. The fraction of sp³-hybridized carbons (Fsp3) is 0.571. The lowest BCUT2D eigenvalue weighted by molar-refractivity contribution is -0.274. The zero-order chi connectivity index (χ0) is 14.8. The highest BCUT2D eigenvalue weighted by molar-refractivity contribution is 5.58. The highest BCUT2D eigenvalue weighted by Gasteiger charge is 2.33. The minimum Gasteiger partial charge on any atom is -0.404 e. The minimum absolute atomic E-state index is 0.130.